The van der Waals surface area contributed by atoms with Crippen molar-refractivity contribution >= 4 is 29.1 Å². The maximum absolute atomic E-state index is 13.6. The third-order valence-corrected chi connectivity index (χ3v) is 5.65. The summed E-state index contributed by atoms with van der Waals surface area (Å²) in [5.74, 6) is -1.91. The lowest BCUT2D eigenvalue weighted by molar-refractivity contribution is -0.191. The van der Waals surface area contributed by atoms with Crippen LogP contribution in [0.3, 0.4) is 0 Å². The Morgan fingerprint density at radius 1 is 1.17 bits per heavy atom. The summed E-state index contributed by atoms with van der Waals surface area (Å²) in [6.07, 6.45) is 0. The number of carbonyl (C=O) groups is 2. The average molecular weight is 429 g/mol. The van der Waals surface area contributed by atoms with E-state index >= 15 is 0 Å². The third kappa shape index (κ3) is 3.76. The first-order chi connectivity index (χ1) is 14.3. The predicted octanol–water partition coefficient (Wildman–Crippen LogP) is 2.31. The highest BCUT2D eigenvalue weighted by atomic mass is 32.1. The van der Waals surface area contributed by atoms with Crippen LogP contribution in [0.2, 0.25) is 0 Å². The van der Waals surface area contributed by atoms with E-state index in [1.807, 2.05) is 0 Å². The number of nitrogens with zero attached hydrogens (tertiary/aromatic N) is 1. The van der Waals surface area contributed by atoms with Crippen LogP contribution in [0.15, 0.2) is 54.6 Å². The van der Waals surface area contributed by atoms with Crippen molar-refractivity contribution in [3.8, 4) is 5.75 Å². The standard InChI is InChI=1S/C22H24N2O5S/c1-4-29-20(26)22(27)17(19(25)15-8-6-5-7-9-15)18(23-21(30)24(22)2)14-10-12-16(28-3)13-11-14/h5-13,17-18,27H,4H2,1-3H3,(H,23,30)/t17-,18-,22-/m1/s1. The van der Waals surface area contributed by atoms with Gasteiger partial charge in [-0.05, 0) is 36.8 Å². The number of ether oxygens (including phenoxy) is 2. The molecule has 0 amide bonds. The van der Waals surface area contributed by atoms with E-state index in [-0.39, 0.29) is 11.7 Å². The number of nitrogens with one attached hydrogen (secondary N) is 1. The van der Waals surface area contributed by atoms with Crippen molar-refractivity contribution in [3.05, 3.63) is 65.7 Å². The van der Waals surface area contributed by atoms with Gasteiger partial charge in [-0.15, -0.1) is 0 Å². The predicted molar refractivity (Wildman–Crippen MR) is 115 cm³/mol. The van der Waals surface area contributed by atoms with Gasteiger partial charge in [0.1, 0.15) is 11.7 Å². The first kappa shape index (κ1) is 21.7. The summed E-state index contributed by atoms with van der Waals surface area (Å²) in [5.41, 5.74) is -1.24. The van der Waals surface area contributed by atoms with E-state index in [9.17, 15) is 14.7 Å². The number of hydrogen-bond acceptors (Lipinski definition) is 6. The fraction of sp³-hybridized carbons (Fsp3) is 0.318. The summed E-state index contributed by atoms with van der Waals surface area (Å²) in [7, 11) is 3.01. The molecule has 0 radical (unpaired) electrons. The molecule has 1 saturated heterocycles. The number of thiocarbonyl (C=S) groups is 1. The number of methoxy groups -OCH3 is 1. The quantitative estimate of drug-likeness (QED) is 0.412. The molecule has 0 aromatic heterocycles. The van der Waals surface area contributed by atoms with Crippen molar-refractivity contribution in [3.63, 3.8) is 0 Å². The summed E-state index contributed by atoms with van der Waals surface area (Å²) < 4.78 is 10.4. The summed E-state index contributed by atoms with van der Waals surface area (Å²) in [6.45, 7) is 1.68. The van der Waals surface area contributed by atoms with Crippen molar-refractivity contribution in [2.24, 2.45) is 5.92 Å². The smallest absolute Gasteiger partial charge is 0.360 e. The molecule has 1 aliphatic rings. The number of ketones is 1. The number of benzene rings is 2. The maximum atomic E-state index is 13.6. The fourth-order valence-corrected chi connectivity index (χ4v) is 3.88. The molecule has 1 heterocycles. The van der Waals surface area contributed by atoms with Gasteiger partial charge in [-0.3, -0.25) is 4.79 Å². The van der Waals surface area contributed by atoms with Crippen molar-refractivity contribution < 1.29 is 24.2 Å². The highest BCUT2D eigenvalue weighted by Crippen LogP contribution is 2.40. The van der Waals surface area contributed by atoms with E-state index in [1.165, 1.54) is 11.9 Å². The molecule has 8 heteroatoms. The monoisotopic (exact) mass is 428 g/mol. The van der Waals surface area contributed by atoms with Gasteiger partial charge in [0.05, 0.1) is 19.8 Å². The average Bonchev–Trinajstić information content (AvgIpc) is 2.77. The Kier molecular flexibility index (Phi) is 6.38. The second kappa shape index (κ2) is 8.81. The minimum atomic E-state index is -2.28. The van der Waals surface area contributed by atoms with Crippen molar-refractivity contribution in [1.29, 1.82) is 0 Å². The molecule has 1 fully saturated rings. The molecule has 2 aromatic rings. The Labute approximate surface area is 180 Å². The molecule has 3 atom stereocenters. The Hall–Kier alpha value is -2.97. The number of rotatable bonds is 6. The first-order valence-electron chi connectivity index (χ1n) is 9.51. The van der Waals surface area contributed by atoms with Crippen LogP contribution < -0.4 is 10.1 Å². The summed E-state index contributed by atoms with van der Waals surface area (Å²) >= 11 is 5.37. The molecule has 0 spiro atoms. The van der Waals surface area contributed by atoms with Gasteiger partial charge < -0.3 is 24.8 Å². The number of esters is 1. The Bertz CT molecular complexity index is 934. The van der Waals surface area contributed by atoms with Crippen LogP contribution in [0.4, 0.5) is 0 Å². The lowest BCUT2D eigenvalue weighted by Crippen LogP contribution is -2.70. The number of Topliss-reactive ketones (excluding diaryl/α,β-unsaturated/α-hetero) is 1. The SMILES string of the molecule is CCOC(=O)[C@]1(O)[C@@H](C(=O)c2ccccc2)[C@@H](c2ccc(OC)cc2)NC(=S)N1C. The zero-order chi connectivity index (χ0) is 21.9. The first-order valence-corrected chi connectivity index (χ1v) is 9.92. The van der Waals surface area contributed by atoms with Crippen LogP contribution in [-0.2, 0) is 9.53 Å². The topological polar surface area (TPSA) is 88.1 Å². The van der Waals surface area contributed by atoms with Gasteiger partial charge >= 0.3 is 5.97 Å². The highest BCUT2D eigenvalue weighted by Gasteiger charge is 2.59. The molecule has 0 saturated carbocycles. The van der Waals surface area contributed by atoms with E-state index in [0.717, 1.165) is 0 Å². The maximum Gasteiger partial charge on any atom is 0.360 e. The van der Waals surface area contributed by atoms with Crippen LogP contribution >= 0.6 is 12.2 Å². The normalized spacial score (nSPS) is 23.5. The van der Waals surface area contributed by atoms with Gasteiger partial charge in [0, 0.05) is 12.6 Å². The van der Waals surface area contributed by atoms with Crippen LogP contribution in [0.5, 0.6) is 5.75 Å². The lowest BCUT2D eigenvalue weighted by Gasteiger charge is -2.49. The molecule has 0 unspecified atom stereocenters. The largest absolute Gasteiger partial charge is 0.497 e. The molecule has 0 aliphatic carbocycles. The molecule has 3 rings (SSSR count). The minimum absolute atomic E-state index is 0.0502. The number of hydrogen-bond donors (Lipinski definition) is 2. The zero-order valence-corrected chi connectivity index (χ0v) is 17.8. The van der Waals surface area contributed by atoms with Crippen LogP contribution in [0, 0.1) is 5.92 Å². The minimum Gasteiger partial charge on any atom is -0.497 e. The number of aliphatic hydroxyl groups is 1. The second-order valence-electron chi connectivity index (χ2n) is 6.91. The molecule has 2 N–H and O–H groups in total. The van der Waals surface area contributed by atoms with Gasteiger partial charge in [0.25, 0.3) is 5.72 Å². The van der Waals surface area contributed by atoms with E-state index in [0.29, 0.717) is 16.9 Å². The molecule has 2 aromatic carbocycles. The molecule has 158 valence electrons. The Morgan fingerprint density at radius 2 is 1.80 bits per heavy atom. The van der Waals surface area contributed by atoms with E-state index < -0.39 is 29.4 Å². The van der Waals surface area contributed by atoms with Crippen LogP contribution in [-0.4, -0.2) is 53.4 Å². The Balaban J connectivity index is 2.16. The van der Waals surface area contributed by atoms with E-state index in [2.05, 4.69) is 5.32 Å². The molecular formula is C22H24N2O5S. The van der Waals surface area contributed by atoms with Gasteiger partial charge in [-0.25, -0.2) is 4.79 Å². The fourth-order valence-electron chi connectivity index (χ4n) is 3.61. The van der Waals surface area contributed by atoms with Crippen LogP contribution in [0.25, 0.3) is 0 Å². The summed E-state index contributed by atoms with van der Waals surface area (Å²) in [4.78, 5) is 27.7. The molecule has 1 aliphatic heterocycles. The Morgan fingerprint density at radius 3 is 2.37 bits per heavy atom. The molecule has 0 bridgehead atoms. The highest BCUT2D eigenvalue weighted by molar-refractivity contribution is 7.80. The molecular weight excluding hydrogens is 404 g/mol. The van der Waals surface area contributed by atoms with Crippen LogP contribution in [0.1, 0.15) is 28.9 Å². The van der Waals surface area contributed by atoms with Gasteiger partial charge in [0.2, 0.25) is 0 Å². The zero-order valence-electron chi connectivity index (χ0n) is 17.0. The van der Waals surface area contributed by atoms with E-state index in [4.69, 9.17) is 21.7 Å². The molecule has 30 heavy (non-hydrogen) atoms. The van der Waals surface area contributed by atoms with Gasteiger partial charge in [0.15, 0.2) is 10.9 Å². The van der Waals surface area contributed by atoms with Crippen molar-refractivity contribution in [2.45, 2.75) is 18.7 Å². The van der Waals surface area contributed by atoms with Crippen molar-refractivity contribution in [2.75, 3.05) is 20.8 Å². The summed E-state index contributed by atoms with van der Waals surface area (Å²) in [5, 5.41) is 14.8. The third-order valence-electron chi connectivity index (χ3n) is 5.25. The van der Waals surface area contributed by atoms with Gasteiger partial charge in [-0.2, -0.15) is 0 Å². The number of likely N-dealkylation sites (N-methyl/N-ethyl adjacent to an activating group) is 1. The van der Waals surface area contributed by atoms with Crippen molar-refractivity contribution in [1.82, 2.24) is 10.2 Å². The summed E-state index contributed by atoms with van der Waals surface area (Å²) in [6, 6.07) is 14.8. The number of carbonyl (C=O) groups excluding carboxylic acids is 2. The second-order valence-corrected chi connectivity index (χ2v) is 7.30. The van der Waals surface area contributed by atoms with E-state index in [1.54, 1.807) is 68.6 Å². The van der Waals surface area contributed by atoms with Gasteiger partial charge in [-0.1, -0.05) is 42.5 Å². The molecule has 7 nitrogen and oxygen atoms in total. The lowest BCUT2D eigenvalue weighted by atomic mass is 9.77.